The van der Waals surface area contributed by atoms with E-state index in [0.29, 0.717) is 25.8 Å². The molecule has 4 nitrogen and oxygen atoms in total. The first kappa shape index (κ1) is 14.0. The maximum absolute atomic E-state index is 12.0. The minimum atomic E-state index is -0.789. The smallest absolute Gasteiger partial charge is 0.240 e. The van der Waals surface area contributed by atoms with Gasteiger partial charge in [-0.05, 0) is 32.6 Å². The average molecular weight is 238 g/mol. The molecule has 1 fully saturated rings. The van der Waals surface area contributed by atoms with Crippen molar-refractivity contribution >= 4 is 5.91 Å². The lowest BCUT2D eigenvalue weighted by Gasteiger charge is -2.29. The van der Waals surface area contributed by atoms with E-state index in [2.05, 4.69) is 11.4 Å². The van der Waals surface area contributed by atoms with E-state index in [9.17, 15) is 10.1 Å². The Morgan fingerprint density at radius 2 is 2.12 bits per heavy atom. The molecule has 0 aromatic carbocycles. The summed E-state index contributed by atoms with van der Waals surface area (Å²) in [7, 11) is 0. The highest BCUT2D eigenvalue weighted by Crippen LogP contribution is 2.35. The van der Waals surface area contributed by atoms with Gasteiger partial charge in [0, 0.05) is 6.54 Å². The fourth-order valence-electron chi connectivity index (χ4n) is 2.31. The molecule has 1 amide bonds. The van der Waals surface area contributed by atoms with Crippen LogP contribution in [-0.4, -0.2) is 23.7 Å². The summed E-state index contributed by atoms with van der Waals surface area (Å²) in [5, 5.41) is 21.1. The van der Waals surface area contributed by atoms with Crippen LogP contribution in [0.25, 0.3) is 0 Å². The Kier molecular flexibility index (Phi) is 5.43. The molecule has 1 aliphatic carbocycles. The second-order valence-electron chi connectivity index (χ2n) is 5.00. The van der Waals surface area contributed by atoms with Gasteiger partial charge in [0.05, 0.1) is 12.2 Å². The molecule has 17 heavy (non-hydrogen) atoms. The molecule has 0 heterocycles. The van der Waals surface area contributed by atoms with Crippen molar-refractivity contribution in [2.75, 3.05) is 6.54 Å². The summed E-state index contributed by atoms with van der Waals surface area (Å²) < 4.78 is 0. The quantitative estimate of drug-likeness (QED) is 0.716. The molecule has 0 aliphatic heterocycles. The van der Waals surface area contributed by atoms with Crippen molar-refractivity contribution in [1.29, 1.82) is 5.26 Å². The largest absolute Gasteiger partial charge is 0.393 e. The van der Waals surface area contributed by atoms with Gasteiger partial charge in [0.2, 0.25) is 5.91 Å². The van der Waals surface area contributed by atoms with Crippen LogP contribution in [0.4, 0.5) is 0 Å². The van der Waals surface area contributed by atoms with Crippen molar-refractivity contribution in [3.05, 3.63) is 0 Å². The van der Waals surface area contributed by atoms with E-state index >= 15 is 0 Å². The number of hydrogen-bond donors (Lipinski definition) is 2. The zero-order valence-corrected chi connectivity index (χ0v) is 10.5. The summed E-state index contributed by atoms with van der Waals surface area (Å²) in [4.78, 5) is 12.0. The van der Waals surface area contributed by atoms with E-state index in [4.69, 9.17) is 5.11 Å². The Labute approximate surface area is 103 Å². The number of nitriles is 1. The summed E-state index contributed by atoms with van der Waals surface area (Å²) in [6, 6.07) is 2.21. The fourth-order valence-corrected chi connectivity index (χ4v) is 2.31. The van der Waals surface area contributed by atoms with Crippen molar-refractivity contribution < 1.29 is 9.90 Å². The van der Waals surface area contributed by atoms with Crippen LogP contribution in [-0.2, 0) is 4.79 Å². The first-order valence-electron chi connectivity index (χ1n) is 6.48. The van der Waals surface area contributed by atoms with E-state index in [1.807, 2.05) is 0 Å². The van der Waals surface area contributed by atoms with E-state index < -0.39 is 5.41 Å². The third kappa shape index (κ3) is 4.01. The van der Waals surface area contributed by atoms with Crippen LogP contribution in [0.2, 0.25) is 0 Å². The van der Waals surface area contributed by atoms with Gasteiger partial charge in [-0.25, -0.2) is 0 Å². The van der Waals surface area contributed by atoms with Gasteiger partial charge < -0.3 is 10.4 Å². The van der Waals surface area contributed by atoms with E-state index in [0.717, 1.165) is 25.7 Å². The summed E-state index contributed by atoms with van der Waals surface area (Å²) in [6.45, 7) is 2.28. The molecule has 0 bridgehead atoms. The Balaban J connectivity index is 2.37. The van der Waals surface area contributed by atoms with E-state index in [1.54, 1.807) is 6.92 Å². The van der Waals surface area contributed by atoms with Crippen molar-refractivity contribution in [1.82, 2.24) is 5.32 Å². The molecule has 0 saturated heterocycles. The minimum absolute atomic E-state index is 0.120. The van der Waals surface area contributed by atoms with Gasteiger partial charge in [-0.15, -0.1) is 0 Å². The number of rotatable bonds is 5. The summed E-state index contributed by atoms with van der Waals surface area (Å²) in [5.41, 5.74) is -0.789. The predicted octanol–water partition coefficient (Wildman–Crippen LogP) is 1.74. The maximum atomic E-state index is 12.0. The Bertz CT molecular complexity index is 288. The van der Waals surface area contributed by atoms with Crippen LogP contribution in [0.5, 0.6) is 0 Å². The Hall–Kier alpha value is -1.08. The highest BCUT2D eigenvalue weighted by Gasteiger charge is 2.39. The SMILES string of the molecule is CC(O)CCCNC(=O)C1(C#N)CCCCC1. The van der Waals surface area contributed by atoms with Crippen LogP contribution < -0.4 is 5.32 Å². The minimum Gasteiger partial charge on any atom is -0.393 e. The number of hydrogen-bond acceptors (Lipinski definition) is 3. The number of nitrogens with zero attached hydrogens (tertiary/aromatic N) is 1. The fraction of sp³-hybridized carbons (Fsp3) is 0.846. The predicted molar refractivity (Wildman–Crippen MR) is 65.1 cm³/mol. The number of carbonyl (C=O) groups is 1. The van der Waals surface area contributed by atoms with Crippen molar-refractivity contribution in [2.24, 2.45) is 5.41 Å². The van der Waals surface area contributed by atoms with Crippen LogP contribution in [0.1, 0.15) is 51.9 Å². The average Bonchev–Trinajstić information content (AvgIpc) is 2.35. The van der Waals surface area contributed by atoms with E-state index in [1.165, 1.54) is 0 Å². The zero-order chi connectivity index (χ0) is 12.7. The topological polar surface area (TPSA) is 73.1 Å². The van der Waals surface area contributed by atoms with Gasteiger partial charge in [0.25, 0.3) is 0 Å². The normalized spacial score (nSPS) is 20.3. The molecule has 4 heteroatoms. The van der Waals surface area contributed by atoms with E-state index in [-0.39, 0.29) is 12.0 Å². The lowest BCUT2D eigenvalue weighted by molar-refractivity contribution is -0.129. The van der Waals surface area contributed by atoms with Crippen LogP contribution in [0, 0.1) is 16.7 Å². The number of aliphatic hydroxyl groups excluding tert-OH is 1. The standard InChI is InChI=1S/C13H22N2O2/c1-11(16)6-5-9-15-12(17)13(10-14)7-3-2-4-8-13/h11,16H,2-9H2,1H3,(H,15,17). The second kappa shape index (κ2) is 6.61. The third-order valence-corrected chi connectivity index (χ3v) is 3.44. The Morgan fingerprint density at radius 1 is 1.47 bits per heavy atom. The zero-order valence-electron chi connectivity index (χ0n) is 10.5. The van der Waals surface area contributed by atoms with Gasteiger partial charge in [-0.1, -0.05) is 19.3 Å². The van der Waals surface area contributed by atoms with Gasteiger partial charge in [0.15, 0.2) is 0 Å². The molecule has 0 radical (unpaired) electrons. The molecule has 1 saturated carbocycles. The summed E-state index contributed by atoms with van der Waals surface area (Å²) in [6.07, 6.45) is 5.54. The van der Waals surface area contributed by atoms with Gasteiger partial charge >= 0.3 is 0 Å². The molecule has 1 unspecified atom stereocenters. The molecule has 2 N–H and O–H groups in total. The summed E-state index contributed by atoms with van der Waals surface area (Å²) in [5.74, 6) is -0.120. The summed E-state index contributed by atoms with van der Waals surface area (Å²) >= 11 is 0. The lowest BCUT2D eigenvalue weighted by atomic mass is 9.74. The highest BCUT2D eigenvalue weighted by molar-refractivity contribution is 5.85. The van der Waals surface area contributed by atoms with Crippen LogP contribution in [0.3, 0.4) is 0 Å². The molecule has 1 atom stereocenters. The number of amides is 1. The first-order valence-corrected chi connectivity index (χ1v) is 6.48. The van der Waals surface area contributed by atoms with Crippen molar-refractivity contribution in [3.63, 3.8) is 0 Å². The monoisotopic (exact) mass is 238 g/mol. The van der Waals surface area contributed by atoms with Gasteiger partial charge in [0.1, 0.15) is 5.41 Å². The lowest BCUT2D eigenvalue weighted by Crippen LogP contribution is -2.41. The highest BCUT2D eigenvalue weighted by atomic mass is 16.3. The molecule has 0 spiro atoms. The van der Waals surface area contributed by atoms with Gasteiger partial charge in [-0.2, -0.15) is 5.26 Å². The number of aliphatic hydroxyl groups is 1. The molecule has 1 aliphatic rings. The maximum Gasteiger partial charge on any atom is 0.240 e. The number of nitrogens with one attached hydrogen (secondary N) is 1. The first-order chi connectivity index (χ1) is 8.10. The molecular formula is C13H22N2O2. The number of carbonyl (C=O) groups excluding carboxylic acids is 1. The Morgan fingerprint density at radius 3 is 2.65 bits per heavy atom. The molecule has 1 rings (SSSR count). The van der Waals surface area contributed by atoms with Crippen LogP contribution in [0.15, 0.2) is 0 Å². The molecule has 0 aromatic heterocycles. The van der Waals surface area contributed by atoms with Crippen molar-refractivity contribution in [2.45, 2.75) is 58.0 Å². The molecule has 96 valence electrons. The third-order valence-electron chi connectivity index (χ3n) is 3.44. The second-order valence-corrected chi connectivity index (χ2v) is 5.00. The molecule has 0 aromatic rings. The molecular weight excluding hydrogens is 216 g/mol. The van der Waals surface area contributed by atoms with Crippen LogP contribution >= 0.6 is 0 Å². The van der Waals surface area contributed by atoms with Crippen molar-refractivity contribution in [3.8, 4) is 6.07 Å². The van der Waals surface area contributed by atoms with Gasteiger partial charge in [-0.3, -0.25) is 4.79 Å².